The Balaban J connectivity index is 2.13. The summed E-state index contributed by atoms with van der Waals surface area (Å²) >= 11 is 3.63. The molecular formula is C17H26BrNO. The van der Waals surface area contributed by atoms with Crippen LogP contribution in [0, 0.1) is 0 Å². The third-order valence-electron chi connectivity index (χ3n) is 4.00. The molecule has 2 rings (SSSR count). The molecule has 0 saturated heterocycles. The maximum absolute atomic E-state index is 5.69. The summed E-state index contributed by atoms with van der Waals surface area (Å²) in [7, 11) is 0. The second-order valence-electron chi connectivity index (χ2n) is 5.58. The summed E-state index contributed by atoms with van der Waals surface area (Å²) in [4.78, 5) is 2.66. The molecule has 3 heteroatoms. The lowest BCUT2D eigenvalue weighted by molar-refractivity contribution is 0.202. The predicted octanol–water partition coefficient (Wildman–Crippen LogP) is 4.44. The highest BCUT2D eigenvalue weighted by atomic mass is 79.9. The summed E-state index contributed by atoms with van der Waals surface area (Å²) in [5.41, 5.74) is 2.96. The molecule has 1 aliphatic carbocycles. The Hall–Kier alpha value is -0.540. The molecule has 0 spiro atoms. The highest BCUT2D eigenvalue weighted by molar-refractivity contribution is 9.10. The number of halogens is 1. The van der Waals surface area contributed by atoms with Crippen molar-refractivity contribution in [1.82, 2.24) is 4.90 Å². The molecule has 1 aromatic carbocycles. The molecule has 0 heterocycles. The molecule has 0 N–H and O–H groups in total. The molecule has 0 bridgehead atoms. The van der Waals surface area contributed by atoms with Crippen LogP contribution >= 0.6 is 15.9 Å². The summed E-state index contributed by atoms with van der Waals surface area (Å²) in [5, 5.41) is 0. The minimum absolute atomic E-state index is 0.675. The lowest BCUT2D eigenvalue weighted by Gasteiger charge is -2.27. The van der Waals surface area contributed by atoms with Gasteiger partial charge in [-0.25, -0.2) is 0 Å². The minimum Gasteiger partial charge on any atom is -0.493 e. The topological polar surface area (TPSA) is 12.5 Å². The first-order valence-electron chi connectivity index (χ1n) is 7.87. The average molecular weight is 340 g/mol. The van der Waals surface area contributed by atoms with Crippen LogP contribution < -0.4 is 4.74 Å². The Morgan fingerprint density at radius 1 is 1.10 bits per heavy atom. The van der Waals surface area contributed by atoms with E-state index in [1.807, 2.05) is 6.92 Å². The molecule has 0 saturated carbocycles. The second kappa shape index (κ2) is 7.46. The maximum atomic E-state index is 5.69. The van der Waals surface area contributed by atoms with E-state index in [2.05, 4.69) is 46.8 Å². The van der Waals surface area contributed by atoms with E-state index in [9.17, 15) is 0 Å². The lowest BCUT2D eigenvalue weighted by Crippen LogP contribution is -2.37. The molecule has 0 amide bonds. The van der Waals surface area contributed by atoms with Gasteiger partial charge in [0.15, 0.2) is 0 Å². The molecule has 1 atom stereocenters. The monoisotopic (exact) mass is 339 g/mol. The Morgan fingerprint density at radius 2 is 1.70 bits per heavy atom. The van der Waals surface area contributed by atoms with Crippen LogP contribution in [0.1, 0.15) is 44.7 Å². The van der Waals surface area contributed by atoms with Gasteiger partial charge in [0.25, 0.3) is 0 Å². The van der Waals surface area contributed by atoms with Gasteiger partial charge in [-0.15, -0.1) is 0 Å². The lowest BCUT2D eigenvalue weighted by atomic mass is 10.1. The van der Waals surface area contributed by atoms with E-state index in [1.54, 1.807) is 0 Å². The zero-order chi connectivity index (χ0) is 14.5. The van der Waals surface area contributed by atoms with Gasteiger partial charge in [0, 0.05) is 6.04 Å². The summed E-state index contributed by atoms with van der Waals surface area (Å²) in [6.45, 7) is 9.73. The molecule has 112 valence electrons. The van der Waals surface area contributed by atoms with Gasteiger partial charge in [0.05, 0.1) is 11.1 Å². The molecule has 0 radical (unpaired) electrons. The number of hydrogen-bond donors (Lipinski definition) is 0. The highest BCUT2D eigenvalue weighted by Gasteiger charge is 2.27. The number of benzene rings is 1. The first-order valence-corrected chi connectivity index (χ1v) is 8.67. The van der Waals surface area contributed by atoms with Crippen molar-refractivity contribution in [3.8, 4) is 5.75 Å². The van der Waals surface area contributed by atoms with Crippen molar-refractivity contribution in [3.63, 3.8) is 0 Å². The van der Waals surface area contributed by atoms with Crippen LogP contribution in [0.2, 0.25) is 0 Å². The second-order valence-corrected chi connectivity index (χ2v) is 6.44. The first kappa shape index (κ1) is 15.8. The van der Waals surface area contributed by atoms with E-state index in [0.29, 0.717) is 6.04 Å². The van der Waals surface area contributed by atoms with E-state index >= 15 is 0 Å². The fraction of sp³-hybridized carbons (Fsp3) is 0.647. The van der Waals surface area contributed by atoms with Gasteiger partial charge >= 0.3 is 0 Å². The summed E-state index contributed by atoms with van der Waals surface area (Å²) < 4.78 is 6.79. The number of fused-ring (bicyclic) bond motifs is 1. The number of rotatable bonds is 7. The Labute approximate surface area is 131 Å². The molecule has 2 nitrogen and oxygen atoms in total. The molecule has 1 aromatic rings. The first-order chi connectivity index (χ1) is 9.69. The van der Waals surface area contributed by atoms with Crippen LogP contribution in [-0.2, 0) is 12.8 Å². The smallest absolute Gasteiger partial charge is 0.133 e. The Morgan fingerprint density at radius 3 is 2.25 bits per heavy atom. The summed E-state index contributed by atoms with van der Waals surface area (Å²) in [6, 6.07) is 5.17. The third kappa shape index (κ3) is 3.56. The van der Waals surface area contributed by atoms with Gasteiger partial charge in [-0.3, -0.25) is 4.90 Å². The van der Waals surface area contributed by atoms with Gasteiger partial charge in [0.1, 0.15) is 5.75 Å². The van der Waals surface area contributed by atoms with Crippen molar-refractivity contribution in [1.29, 1.82) is 0 Å². The maximum Gasteiger partial charge on any atom is 0.133 e. The number of ether oxygens (including phenoxy) is 1. The fourth-order valence-corrected chi connectivity index (χ4v) is 3.68. The van der Waals surface area contributed by atoms with Crippen LogP contribution in [0.15, 0.2) is 16.6 Å². The predicted molar refractivity (Wildman–Crippen MR) is 88.7 cm³/mol. The van der Waals surface area contributed by atoms with E-state index in [1.165, 1.54) is 49.9 Å². The fourth-order valence-electron chi connectivity index (χ4n) is 3.17. The molecular weight excluding hydrogens is 314 g/mol. The SMILES string of the molecule is CCCN(CCC)[C@@H]1Cc2cc(Br)c(OCC)cc2C1. The summed E-state index contributed by atoms with van der Waals surface area (Å²) in [6.07, 6.45) is 4.82. The molecule has 0 aromatic heterocycles. The van der Waals surface area contributed by atoms with Crippen molar-refractivity contribution in [3.05, 3.63) is 27.7 Å². The molecule has 0 aliphatic heterocycles. The van der Waals surface area contributed by atoms with Crippen LogP contribution in [-0.4, -0.2) is 30.6 Å². The largest absolute Gasteiger partial charge is 0.493 e. The number of hydrogen-bond acceptors (Lipinski definition) is 2. The molecule has 0 unspecified atom stereocenters. The van der Waals surface area contributed by atoms with Gasteiger partial charge in [0.2, 0.25) is 0 Å². The zero-order valence-electron chi connectivity index (χ0n) is 12.9. The van der Waals surface area contributed by atoms with E-state index in [-0.39, 0.29) is 0 Å². The molecule has 1 aliphatic rings. The van der Waals surface area contributed by atoms with Gasteiger partial charge in [-0.1, -0.05) is 13.8 Å². The molecule has 20 heavy (non-hydrogen) atoms. The van der Waals surface area contributed by atoms with Crippen LogP contribution in [0.4, 0.5) is 0 Å². The van der Waals surface area contributed by atoms with E-state index in [4.69, 9.17) is 4.74 Å². The van der Waals surface area contributed by atoms with Crippen molar-refractivity contribution >= 4 is 15.9 Å². The van der Waals surface area contributed by atoms with Crippen molar-refractivity contribution in [2.75, 3.05) is 19.7 Å². The zero-order valence-corrected chi connectivity index (χ0v) is 14.5. The summed E-state index contributed by atoms with van der Waals surface area (Å²) in [5.74, 6) is 0.990. The van der Waals surface area contributed by atoms with Gasteiger partial charge in [-0.2, -0.15) is 0 Å². The Kier molecular flexibility index (Phi) is 5.91. The van der Waals surface area contributed by atoms with Crippen molar-refractivity contribution in [2.45, 2.75) is 52.5 Å². The average Bonchev–Trinajstić information content (AvgIpc) is 2.82. The van der Waals surface area contributed by atoms with Crippen LogP contribution in [0.5, 0.6) is 5.75 Å². The van der Waals surface area contributed by atoms with Crippen LogP contribution in [0.25, 0.3) is 0 Å². The standard InChI is InChI=1S/C17H26BrNO/c1-4-7-19(8-5-2)15-9-13-11-16(18)17(20-6-3)12-14(13)10-15/h11-12,15H,4-10H2,1-3H3/t15-/m1/s1. The van der Waals surface area contributed by atoms with E-state index < -0.39 is 0 Å². The van der Waals surface area contributed by atoms with Crippen molar-refractivity contribution < 1.29 is 4.74 Å². The third-order valence-corrected chi connectivity index (χ3v) is 4.62. The highest BCUT2D eigenvalue weighted by Crippen LogP contribution is 2.34. The van der Waals surface area contributed by atoms with Gasteiger partial charge < -0.3 is 4.74 Å². The van der Waals surface area contributed by atoms with Crippen LogP contribution in [0.3, 0.4) is 0 Å². The van der Waals surface area contributed by atoms with Gasteiger partial charge in [-0.05, 0) is 84.9 Å². The minimum atomic E-state index is 0.675. The number of nitrogens with zero attached hydrogens (tertiary/aromatic N) is 1. The Bertz CT molecular complexity index is 441. The molecule has 0 fully saturated rings. The van der Waals surface area contributed by atoms with E-state index in [0.717, 1.165) is 16.8 Å². The normalized spacial score (nSPS) is 17.6. The quantitative estimate of drug-likeness (QED) is 0.728. The van der Waals surface area contributed by atoms with Crippen molar-refractivity contribution in [2.24, 2.45) is 0 Å².